The van der Waals surface area contributed by atoms with Crippen LogP contribution in [0.4, 0.5) is 4.79 Å². The van der Waals surface area contributed by atoms with Crippen molar-refractivity contribution >= 4 is 17.4 Å². The normalized spacial score (nSPS) is 18.5. The standard InChI is InChI=1S/C15H23NO3S/c1-15(2,3)19-14(17)16-9-10-8-11-12(18-4)6-5-7-13(11)20-10/h8,12H,5-7,9H2,1-4H3,(H,16,17). The van der Waals surface area contributed by atoms with E-state index in [9.17, 15) is 4.79 Å². The molecule has 1 unspecified atom stereocenters. The SMILES string of the molecule is COC1CCCc2sc(CNC(=O)OC(C)(C)C)cc21. The minimum absolute atomic E-state index is 0.213. The Labute approximate surface area is 124 Å². The number of nitrogens with one attached hydrogen (secondary N) is 1. The zero-order chi connectivity index (χ0) is 14.8. The van der Waals surface area contributed by atoms with Gasteiger partial charge in [0.05, 0.1) is 12.6 Å². The number of ether oxygens (including phenoxy) is 2. The van der Waals surface area contributed by atoms with Gasteiger partial charge < -0.3 is 14.8 Å². The molecule has 0 spiro atoms. The average molecular weight is 297 g/mol. The van der Waals surface area contributed by atoms with E-state index in [4.69, 9.17) is 9.47 Å². The molecular weight excluding hydrogens is 274 g/mol. The Bertz CT molecular complexity index is 476. The molecule has 2 rings (SSSR count). The van der Waals surface area contributed by atoms with E-state index in [0.29, 0.717) is 6.54 Å². The van der Waals surface area contributed by atoms with Crippen LogP contribution >= 0.6 is 11.3 Å². The van der Waals surface area contributed by atoms with Crippen molar-refractivity contribution in [3.05, 3.63) is 21.4 Å². The minimum atomic E-state index is -0.458. The third kappa shape index (κ3) is 3.96. The fourth-order valence-electron chi connectivity index (χ4n) is 2.38. The van der Waals surface area contributed by atoms with Crippen LogP contribution in [0.2, 0.25) is 0 Å². The van der Waals surface area contributed by atoms with Crippen LogP contribution < -0.4 is 5.32 Å². The lowest BCUT2D eigenvalue weighted by atomic mass is 9.96. The van der Waals surface area contributed by atoms with Crippen molar-refractivity contribution in [3.8, 4) is 0 Å². The predicted molar refractivity (Wildman–Crippen MR) is 80.1 cm³/mol. The summed E-state index contributed by atoms with van der Waals surface area (Å²) in [6, 6.07) is 2.16. The molecule has 1 aromatic rings. The van der Waals surface area contributed by atoms with Crippen LogP contribution in [0.1, 0.15) is 55.0 Å². The summed E-state index contributed by atoms with van der Waals surface area (Å²) in [6.45, 7) is 6.10. The molecule has 1 aliphatic rings. The quantitative estimate of drug-likeness (QED) is 0.923. The molecule has 0 radical (unpaired) electrons. The third-order valence-corrected chi connectivity index (χ3v) is 4.41. The highest BCUT2D eigenvalue weighted by Gasteiger charge is 2.23. The molecule has 0 fully saturated rings. The number of carbonyl (C=O) groups excluding carboxylic acids is 1. The van der Waals surface area contributed by atoms with Gasteiger partial charge in [-0.05, 0) is 51.7 Å². The van der Waals surface area contributed by atoms with E-state index in [2.05, 4.69) is 11.4 Å². The first kappa shape index (κ1) is 15.3. The predicted octanol–water partition coefficient (Wildman–Crippen LogP) is 3.80. The number of thiophene rings is 1. The number of amides is 1. The van der Waals surface area contributed by atoms with Crippen molar-refractivity contribution in [3.63, 3.8) is 0 Å². The van der Waals surface area contributed by atoms with E-state index in [0.717, 1.165) is 17.7 Å². The van der Waals surface area contributed by atoms with Gasteiger partial charge in [-0.25, -0.2) is 4.79 Å². The summed E-state index contributed by atoms with van der Waals surface area (Å²) in [5.74, 6) is 0. The number of alkyl carbamates (subject to hydrolysis) is 1. The van der Waals surface area contributed by atoms with Crippen LogP contribution in [-0.2, 0) is 22.4 Å². The first-order valence-electron chi connectivity index (χ1n) is 7.00. The van der Waals surface area contributed by atoms with Gasteiger partial charge in [-0.2, -0.15) is 0 Å². The van der Waals surface area contributed by atoms with Crippen molar-refractivity contribution in [2.24, 2.45) is 0 Å². The van der Waals surface area contributed by atoms with E-state index >= 15 is 0 Å². The molecule has 0 aromatic carbocycles. The Balaban J connectivity index is 1.95. The molecule has 0 aliphatic heterocycles. The summed E-state index contributed by atoms with van der Waals surface area (Å²) in [6.07, 6.45) is 3.22. The summed E-state index contributed by atoms with van der Waals surface area (Å²) in [7, 11) is 1.76. The number of aryl methyl sites for hydroxylation is 1. The largest absolute Gasteiger partial charge is 0.444 e. The van der Waals surface area contributed by atoms with Gasteiger partial charge in [-0.3, -0.25) is 0 Å². The molecular formula is C15H23NO3S. The Morgan fingerprint density at radius 3 is 2.90 bits per heavy atom. The summed E-state index contributed by atoms with van der Waals surface area (Å²) in [5, 5.41) is 2.81. The zero-order valence-corrected chi connectivity index (χ0v) is 13.4. The van der Waals surface area contributed by atoms with Gasteiger partial charge in [-0.15, -0.1) is 11.3 Å². The van der Waals surface area contributed by atoms with Crippen molar-refractivity contribution in [1.29, 1.82) is 0 Å². The van der Waals surface area contributed by atoms with Crippen molar-refractivity contribution in [2.45, 2.75) is 58.3 Å². The van der Waals surface area contributed by atoms with Crippen LogP contribution in [0.5, 0.6) is 0 Å². The van der Waals surface area contributed by atoms with Gasteiger partial charge in [-0.1, -0.05) is 0 Å². The van der Waals surface area contributed by atoms with Gasteiger partial charge >= 0.3 is 6.09 Å². The summed E-state index contributed by atoms with van der Waals surface area (Å²) >= 11 is 1.76. The smallest absolute Gasteiger partial charge is 0.407 e. The second kappa shape index (κ2) is 6.14. The van der Waals surface area contributed by atoms with E-state index in [-0.39, 0.29) is 12.2 Å². The Hall–Kier alpha value is -1.07. The van der Waals surface area contributed by atoms with Gasteiger partial charge in [0.15, 0.2) is 0 Å². The highest BCUT2D eigenvalue weighted by molar-refractivity contribution is 7.12. The summed E-state index contributed by atoms with van der Waals surface area (Å²) in [5.41, 5.74) is 0.838. The van der Waals surface area contributed by atoms with Crippen LogP contribution in [0.15, 0.2) is 6.07 Å². The highest BCUT2D eigenvalue weighted by Crippen LogP contribution is 2.37. The first-order valence-corrected chi connectivity index (χ1v) is 7.82. The topological polar surface area (TPSA) is 47.6 Å². The molecule has 5 heteroatoms. The fourth-order valence-corrected chi connectivity index (χ4v) is 3.58. The number of hydrogen-bond acceptors (Lipinski definition) is 4. The molecule has 0 saturated carbocycles. The van der Waals surface area contributed by atoms with Gasteiger partial charge in [0.2, 0.25) is 0 Å². The van der Waals surface area contributed by atoms with Gasteiger partial charge in [0.25, 0.3) is 0 Å². The molecule has 1 aromatic heterocycles. The highest BCUT2D eigenvalue weighted by atomic mass is 32.1. The molecule has 1 N–H and O–H groups in total. The molecule has 0 saturated heterocycles. The van der Waals surface area contributed by atoms with E-state index < -0.39 is 5.60 Å². The molecule has 0 bridgehead atoms. The minimum Gasteiger partial charge on any atom is -0.444 e. The lowest BCUT2D eigenvalue weighted by Gasteiger charge is -2.20. The van der Waals surface area contributed by atoms with Crippen LogP contribution in [-0.4, -0.2) is 18.8 Å². The lowest BCUT2D eigenvalue weighted by Crippen LogP contribution is -2.31. The monoisotopic (exact) mass is 297 g/mol. The average Bonchev–Trinajstić information content (AvgIpc) is 2.76. The number of methoxy groups -OCH3 is 1. The molecule has 1 atom stereocenters. The molecule has 1 heterocycles. The maximum absolute atomic E-state index is 11.6. The second-order valence-corrected chi connectivity index (χ2v) is 7.28. The van der Waals surface area contributed by atoms with E-state index in [1.54, 1.807) is 18.4 Å². The van der Waals surface area contributed by atoms with Crippen molar-refractivity contribution in [1.82, 2.24) is 5.32 Å². The lowest BCUT2D eigenvalue weighted by molar-refractivity contribution is 0.0524. The molecule has 1 aliphatic carbocycles. The van der Waals surface area contributed by atoms with Crippen LogP contribution in [0.25, 0.3) is 0 Å². The van der Waals surface area contributed by atoms with Crippen molar-refractivity contribution < 1.29 is 14.3 Å². The summed E-state index contributed by atoms with van der Waals surface area (Å²) < 4.78 is 10.8. The Kier molecular flexibility index (Phi) is 4.70. The van der Waals surface area contributed by atoms with Crippen LogP contribution in [0.3, 0.4) is 0 Å². The molecule has 20 heavy (non-hydrogen) atoms. The Morgan fingerprint density at radius 1 is 1.50 bits per heavy atom. The van der Waals surface area contributed by atoms with E-state index in [1.807, 2.05) is 20.8 Å². The number of hydrogen-bond donors (Lipinski definition) is 1. The molecule has 112 valence electrons. The third-order valence-electron chi connectivity index (χ3n) is 3.20. The van der Waals surface area contributed by atoms with Gasteiger partial charge in [0.1, 0.15) is 5.60 Å². The molecule has 4 nitrogen and oxygen atoms in total. The van der Waals surface area contributed by atoms with Gasteiger partial charge in [0, 0.05) is 16.9 Å². The fraction of sp³-hybridized carbons (Fsp3) is 0.667. The number of rotatable bonds is 3. The summed E-state index contributed by atoms with van der Waals surface area (Å²) in [4.78, 5) is 14.2. The number of fused-ring (bicyclic) bond motifs is 1. The zero-order valence-electron chi connectivity index (χ0n) is 12.6. The van der Waals surface area contributed by atoms with E-state index in [1.165, 1.54) is 16.9 Å². The molecule has 1 amide bonds. The maximum Gasteiger partial charge on any atom is 0.407 e. The van der Waals surface area contributed by atoms with Crippen molar-refractivity contribution in [2.75, 3.05) is 7.11 Å². The second-order valence-electron chi connectivity index (χ2n) is 6.06. The number of carbonyl (C=O) groups is 1. The maximum atomic E-state index is 11.6. The Morgan fingerprint density at radius 2 is 2.25 bits per heavy atom. The first-order chi connectivity index (χ1) is 9.39. The van der Waals surface area contributed by atoms with Crippen LogP contribution in [0, 0.1) is 0 Å².